The second-order valence-electron chi connectivity index (χ2n) is 7.42. The molecule has 1 amide bonds. The van der Waals surface area contributed by atoms with Crippen LogP contribution in [-0.4, -0.2) is 27.3 Å². The number of anilines is 1. The third kappa shape index (κ3) is 4.21. The lowest BCUT2D eigenvalue weighted by Gasteiger charge is -2.07. The van der Waals surface area contributed by atoms with Gasteiger partial charge in [-0.25, -0.2) is 0 Å². The molecule has 1 aliphatic carbocycles. The number of fused-ring (bicyclic) bond motifs is 2. The Kier molecular flexibility index (Phi) is 5.16. The lowest BCUT2D eigenvalue weighted by atomic mass is 10.0. The van der Waals surface area contributed by atoms with Crippen molar-refractivity contribution >= 4 is 34.3 Å². The van der Waals surface area contributed by atoms with Crippen LogP contribution in [0, 0.1) is 0 Å². The number of carbonyl (C=O) groups is 3. The van der Waals surface area contributed by atoms with Crippen LogP contribution in [0.3, 0.4) is 0 Å². The number of carbonyl (C=O) groups excluding carboxylic acids is 2. The Balaban J connectivity index is 1.35. The minimum absolute atomic E-state index is 0.0175. The highest BCUT2D eigenvalue weighted by Crippen LogP contribution is 2.24. The monoisotopic (exact) mass is 390 g/mol. The zero-order chi connectivity index (χ0) is 20.4. The highest BCUT2D eigenvalue weighted by molar-refractivity contribution is 6.00. The van der Waals surface area contributed by atoms with Gasteiger partial charge < -0.3 is 15.0 Å². The lowest BCUT2D eigenvalue weighted by Crippen LogP contribution is -2.13. The number of nitrogens with zero attached hydrogens (tertiary/aromatic N) is 1. The highest BCUT2D eigenvalue weighted by atomic mass is 16.4. The summed E-state index contributed by atoms with van der Waals surface area (Å²) >= 11 is 0. The van der Waals surface area contributed by atoms with Crippen molar-refractivity contribution in [1.29, 1.82) is 0 Å². The molecule has 0 fully saturated rings. The first-order valence-corrected chi connectivity index (χ1v) is 9.75. The van der Waals surface area contributed by atoms with E-state index in [0.717, 1.165) is 30.2 Å². The smallest absolute Gasteiger partial charge is 0.323 e. The van der Waals surface area contributed by atoms with Gasteiger partial charge in [0.25, 0.3) is 0 Å². The number of benzene rings is 2. The molecular weight excluding hydrogens is 368 g/mol. The third-order valence-corrected chi connectivity index (χ3v) is 5.36. The minimum Gasteiger partial charge on any atom is -0.480 e. The molecule has 0 saturated carbocycles. The fourth-order valence-corrected chi connectivity index (χ4v) is 3.90. The number of hydrogen-bond donors (Lipinski definition) is 2. The summed E-state index contributed by atoms with van der Waals surface area (Å²) in [5.41, 5.74) is 4.67. The molecule has 1 aliphatic rings. The number of aryl methyl sites for hydroxylation is 2. The van der Waals surface area contributed by atoms with Crippen molar-refractivity contribution in [2.75, 3.05) is 5.32 Å². The fraction of sp³-hybridized carbons (Fsp3) is 0.261. The molecule has 0 saturated heterocycles. The van der Waals surface area contributed by atoms with Gasteiger partial charge in [0.2, 0.25) is 5.91 Å². The van der Waals surface area contributed by atoms with Crippen molar-refractivity contribution in [2.24, 2.45) is 0 Å². The Morgan fingerprint density at radius 2 is 1.79 bits per heavy atom. The zero-order valence-electron chi connectivity index (χ0n) is 16.0. The molecule has 1 heterocycles. The molecule has 148 valence electrons. The molecule has 0 unspecified atom stereocenters. The van der Waals surface area contributed by atoms with E-state index >= 15 is 0 Å². The molecule has 2 N–H and O–H groups in total. The van der Waals surface area contributed by atoms with E-state index in [2.05, 4.69) is 5.32 Å². The number of amides is 1. The maximum atomic E-state index is 12.4. The SMILES string of the molecule is O=C(O)Cn1ccc2cc(NC(=O)CCC(=O)c3ccc4c(c3)CCC4)ccc21. The van der Waals surface area contributed by atoms with Crippen LogP contribution in [0.4, 0.5) is 5.69 Å². The molecule has 6 nitrogen and oxygen atoms in total. The summed E-state index contributed by atoms with van der Waals surface area (Å²) in [6.45, 7) is -0.111. The summed E-state index contributed by atoms with van der Waals surface area (Å²) in [7, 11) is 0. The predicted octanol–water partition coefficient (Wildman–Crippen LogP) is 3.82. The number of hydrogen-bond acceptors (Lipinski definition) is 3. The van der Waals surface area contributed by atoms with E-state index < -0.39 is 5.97 Å². The van der Waals surface area contributed by atoms with Crippen molar-refractivity contribution in [3.05, 3.63) is 65.4 Å². The molecule has 2 aromatic carbocycles. The third-order valence-electron chi connectivity index (χ3n) is 5.36. The predicted molar refractivity (Wildman–Crippen MR) is 110 cm³/mol. The molecule has 0 bridgehead atoms. The quantitative estimate of drug-likeness (QED) is 0.601. The lowest BCUT2D eigenvalue weighted by molar-refractivity contribution is -0.137. The Bertz CT molecular complexity index is 1110. The van der Waals surface area contributed by atoms with Crippen LogP contribution in [-0.2, 0) is 29.0 Å². The van der Waals surface area contributed by atoms with Gasteiger partial charge >= 0.3 is 5.97 Å². The number of aromatic nitrogens is 1. The molecule has 0 radical (unpaired) electrons. The van der Waals surface area contributed by atoms with Crippen LogP contribution in [0.25, 0.3) is 10.9 Å². The Labute approximate surface area is 168 Å². The van der Waals surface area contributed by atoms with E-state index in [9.17, 15) is 14.4 Å². The Morgan fingerprint density at radius 3 is 2.62 bits per heavy atom. The highest BCUT2D eigenvalue weighted by Gasteiger charge is 2.15. The second-order valence-corrected chi connectivity index (χ2v) is 7.42. The molecule has 29 heavy (non-hydrogen) atoms. The van der Waals surface area contributed by atoms with E-state index in [4.69, 9.17) is 5.11 Å². The van der Waals surface area contributed by atoms with Gasteiger partial charge in [0.15, 0.2) is 5.78 Å². The summed E-state index contributed by atoms with van der Waals surface area (Å²) in [4.78, 5) is 35.6. The summed E-state index contributed by atoms with van der Waals surface area (Å²) in [6, 6.07) is 13.0. The van der Waals surface area contributed by atoms with Crippen molar-refractivity contribution in [3.8, 4) is 0 Å². The van der Waals surface area contributed by atoms with Crippen LogP contribution in [0.15, 0.2) is 48.7 Å². The molecular formula is C23H22N2O4. The maximum absolute atomic E-state index is 12.4. The average molecular weight is 390 g/mol. The second kappa shape index (κ2) is 7.91. The van der Waals surface area contributed by atoms with Gasteiger partial charge in [-0.3, -0.25) is 14.4 Å². The first-order valence-electron chi connectivity index (χ1n) is 9.75. The molecule has 0 atom stereocenters. The van der Waals surface area contributed by atoms with Crippen LogP contribution < -0.4 is 5.32 Å². The molecule has 0 aliphatic heterocycles. The van der Waals surface area contributed by atoms with Crippen LogP contribution in [0.5, 0.6) is 0 Å². The van der Waals surface area contributed by atoms with Crippen LogP contribution in [0.1, 0.15) is 40.7 Å². The zero-order valence-corrected chi connectivity index (χ0v) is 16.0. The summed E-state index contributed by atoms with van der Waals surface area (Å²) < 4.78 is 1.64. The minimum atomic E-state index is -0.909. The normalized spacial score (nSPS) is 12.7. The van der Waals surface area contributed by atoms with Crippen molar-refractivity contribution in [3.63, 3.8) is 0 Å². The number of ketones is 1. The van der Waals surface area contributed by atoms with Gasteiger partial charge in [0, 0.05) is 41.2 Å². The maximum Gasteiger partial charge on any atom is 0.323 e. The number of rotatable bonds is 7. The first-order chi connectivity index (χ1) is 14.0. The number of Topliss-reactive ketones (excluding diaryl/α,β-unsaturated/α-hetero) is 1. The van der Waals surface area contributed by atoms with Gasteiger partial charge in [0.1, 0.15) is 6.54 Å². The topological polar surface area (TPSA) is 88.4 Å². The van der Waals surface area contributed by atoms with Crippen LogP contribution in [0.2, 0.25) is 0 Å². The van der Waals surface area contributed by atoms with E-state index in [1.54, 1.807) is 29.0 Å². The standard InChI is InChI=1S/C23H22N2O4/c26-21(18-5-4-15-2-1-3-16(15)12-18)8-9-22(27)24-19-6-7-20-17(13-19)10-11-25(20)14-23(28)29/h4-7,10-13H,1-3,8-9,14H2,(H,24,27)(H,28,29). The van der Waals surface area contributed by atoms with E-state index in [1.165, 1.54) is 11.1 Å². The molecule has 4 rings (SSSR count). The van der Waals surface area contributed by atoms with Gasteiger partial charge in [-0.1, -0.05) is 12.1 Å². The van der Waals surface area contributed by atoms with Gasteiger partial charge in [0.05, 0.1) is 0 Å². The van der Waals surface area contributed by atoms with Crippen LogP contribution >= 0.6 is 0 Å². The van der Waals surface area contributed by atoms with E-state index in [1.807, 2.05) is 24.3 Å². The number of carboxylic acid groups (broad SMARTS) is 1. The van der Waals surface area contributed by atoms with Gasteiger partial charge in [-0.15, -0.1) is 0 Å². The molecule has 6 heteroatoms. The number of aliphatic carboxylic acids is 1. The first kappa shape index (κ1) is 18.9. The summed E-state index contributed by atoms with van der Waals surface area (Å²) in [5, 5.41) is 12.6. The molecule has 1 aromatic heterocycles. The fourth-order valence-electron chi connectivity index (χ4n) is 3.90. The largest absolute Gasteiger partial charge is 0.480 e. The number of nitrogens with one attached hydrogen (secondary N) is 1. The van der Waals surface area contributed by atoms with E-state index in [-0.39, 0.29) is 31.1 Å². The van der Waals surface area contributed by atoms with E-state index in [0.29, 0.717) is 11.3 Å². The van der Waals surface area contributed by atoms with Crippen molar-refractivity contribution in [1.82, 2.24) is 4.57 Å². The number of carboxylic acids is 1. The Morgan fingerprint density at radius 1 is 0.966 bits per heavy atom. The molecule has 0 spiro atoms. The van der Waals surface area contributed by atoms with Gasteiger partial charge in [-0.2, -0.15) is 0 Å². The van der Waals surface area contributed by atoms with Crippen molar-refractivity contribution in [2.45, 2.75) is 38.6 Å². The van der Waals surface area contributed by atoms with Gasteiger partial charge in [-0.05, 0) is 60.7 Å². The average Bonchev–Trinajstić information content (AvgIpc) is 3.32. The Hall–Kier alpha value is -3.41. The molecule has 3 aromatic rings. The summed E-state index contributed by atoms with van der Waals surface area (Å²) in [6.07, 6.45) is 5.23. The van der Waals surface area contributed by atoms with Crippen molar-refractivity contribution < 1.29 is 19.5 Å². The summed E-state index contributed by atoms with van der Waals surface area (Å²) in [5.74, 6) is -1.15.